The van der Waals surface area contributed by atoms with Crippen molar-refractivity contribution < 1.29 is 8.60 Å². The minimum Gasteiger partial charge on any atom is -0.357 e. The molecule has 0 bridgehead atoms. The van der Waals surface area contributed by atoms with E-state index in [0.29, 0.717) is 24.8 Å². The summed E-state index contributed by atoms with van der Waals surface area (Å²) in [7, 11) is -0.900. The van der Waals surface area contributed by atoms with Crippen molar-refractivity contribution >= 4 is 16.8 Å². The Labute approximate surface area is 141 Å². The predicted molar refractivity (Wildman–Crippen MR) is 96.8 cm³/mol. The van der Waals surface area contributed by atoms with Gasteiger partial charge in [0.2, 0.25) is 0 Å². The Hall–Kier alpha value is -1.43. The van der Waals surface area contributed by atoms with Crippen LogP contribution in [0, 0.1) is 5.82 Å². The fourth-order valence-electron chi connectivity index (χ4n) is 1.91. The number of aliphatic imine (C=N–C) groups is 1. The van der Waals surface area contributed by atoms with Crippen LogP contribution in [0.4, 0.5) is 4.39 Å². The first-order valence-electron chi connectivity index (χ1n) is 7.98. The molecule has 1 atom stereocenters. The van der Waals surface area contributed by atoms with E-state index < -0.39 is 10.8 Å². The van der Waals surface area contributed by atoms with E-state index in [4.69, 9.17) is 0 Å². The Morgan fingerprint density at radius 3 is 2.65 bits per heavy atom. The highest BCUT2D eigenvalue weighted by Crippen LogP contribution is 2.10. The summed E-state index contributed by atoms with van der Waals surface area (Å²) in [5.41, 5.74) is 0.946. The monoisotopic (exact) mass is 341 g/mol. The summed E-state index contributed by atoms with van der Waals surface area (Å²) in [6.45, 7) is 9.84. The van der Waals surface area contributed by atoms with Gasteiger partial charge in [-0.05, 0) is 51.8 Å². The zero-order chi connectivity index (χ0) is 17.3. The van der Waals surface area contributed by atoms with Gasteiger partial charge in [0.15, 0.2) is 5.96 Å². The standard InChI is InChI=1S/C17H28FN3OS/c1-5-19-16(21-11-12-23(22)17(2,3)4)20-10-9-14-7-6-8-15(18)13-14/h6-8,13H,5,9-12H2,1-4H3,(H2,19,20,21). The lowest BCUT2D eigenvalue weighted by Gasteiger charge is -2.17. The van der Waals surface area contributed by atoms with Crippen LogP contribution in [0.2, 0.25) is 0 Å². The quantitative estimate of drug-likeness (QED) is 0.592. The van der Waals surface area contributed by atoms with Crippen LogP contribution in [0.15, 0.2) is 29.3 Å². The van der Waals surface area contributed by atoms with Gasteiger partial charge >= 0.3 is 0 Å². The minimum atomic E-state index is -0.900. The van der Waals surface area contributed by atoms with Crippen LogP contribution in [0.25, 0.3) is 0 Å². The average molecular weight is 341 g/mol. The van der Waals surface area contributed by atoms with Crippen LogP contribution >= 0.6 is 0 Å². The third-order valence-corrected chi connectivity index (χ3v) is 5.09. The van der Waals surface area contributed by atoms with Crippen molar-refractivity contribution in [2.45, 2.75) is 38.9 Å². The van der Waals surface area contributed by atoms with Crippen molar-refractivity contribution in [1.82, 2.24) is 10.6 Å². The fraction of sp³-hybridized carbons (Fsp3) is 0.588. The molecule has 6 heteroatoms. The second kappa shape index (κ2) is 9.65. The van der Waals surface area contributed by atoms with E-state index in [0.717, 1.165) is 18.5 Å². The minimum absolute atomic E-state index is 0.210. The molecule has 0 aliphatic rings. The normalized spacial score (nSPS) is 13.7. The third-order valence-electron chi connectivity index (χ3n) is 3.17. The molecule has 0 saturated heterocycles. The summed E-state index contributed by atoms with van der Waals surface area (Å²) in [6, 6.07) is 6.60. The van der Waals surface area contributed by atoms with Gasteiger partial charge in [-0.15, -0.1) is 0 Å². The highest BCUT2D eigenvalue weighted by molar-refractivity contribution is 7.86. The summed E-state index contributed by atoms with van der Waals surface area (Å²) < 4.78 is 24.9. The largest absolute Gasteiger partial charge is 0.357 e. The van der Waals surface area contributed by atoms with E-state index in [9.17, 15) is 8.60 Å². The lowest BCUT2D eigenvalue weighted by molar-refractivity contribution is 0.625. The van der Waals surface area contributed by atoms with Gasteiger partial charge in [0.1, 0.15) is 5.82 Å². The van der Waals surface area contributed by atoms with Crippen LogP contribution in [-0.4, -0.2) is 40.3 Å². The zero-order valence-electron chi connectivity index (χ0n) is 14.5. The third kappa shape index (κ3) is 8.11. The molecule has 2 N–H and O–H groups in total. The van der Waals surface area contributed by atoms with Gasteiger partial charge < -0.3 is 10.6 Å². The summed E-state index contributed by atoms with van der Waals surface area (Å²) >= 11 is 0. The topological polar surface area (TPSA) is 53.5 Å². The molecule has 0 aliphatic heterocycles. The second-order valence-electron chi connectivity index (χ2n) is 6.23. The highest BCUT2D eigenvalue weighted by Gasteiger charge is 2.18. The summed E-state index contributed by atoms with van der Waals surface area (Å²) in [6.07, 6.45) is 0.718. The number of halogens is 1. The SMILES string of the molecule is CCNC(=NCCS(=O)C(C)(C)C)NCCc1cccc(F)c1. The van der Waals surface area contributed by atoms with Crippen LogP contribution in [0.1, 0.15) is 33.3 Å². The van der Waals surface area contributed by atoms with E-state index in [2.05, 4.69) is 15.6 Å². The maximum absolute atomic E-state index is 13.1. The molecule has 4 nitrogen and oxygen atoms in total. The van der Waals surface area contributed by atoms with Gasteiger partial charge in [-0.3, -0.25) is 9.20 Å². The lowest BCUT2D eigenvalue weighted by atomic mass is 10.1. The molecule has 0 aliphatic carbocycles. The summed E-state index contributed by atoms with van der Waals surface area (Å²) in [5.74, 6) is 1.03. The van der Waals surface area contributed by atoms with Crippen molar-refractivity contribution in [1.29, 1.82) is 0 Å². The Kier molecular flexibility index (Phi) is 8.23. The van der Waals surface area contributed by atoms with Crippen LogP contribution < -0.4 is 10.6 Å². The van der Waals surface area contributed by atoms with Crippen molar-refractivity contribution in [2.75, 3.05) is 25.4 Å². The number of hydrogen-bond donors (Lipinski definition) is 2. The summed E-state index contributed by atoms with van der Waals surface area (Å²) in [4.78, 5) is 4.44. The molecule has 0 radical (unpaired) electrons. The van der Waals surface area contributed by atoms with E-state index >= 15 is 0 Å². The molecule has 0 aromatic heterocycles. The molecule has 0 spiro atoms. The van der Waals surface area contributed by atoms with Gasteiger partial charge in [-0.2, -0.15) is 0 Å². The average Bonchev–Trinajstić information content (AvgIpc) is 2.46. The summed E-state index contributed by atoms with van der Waals surface area (Å²) in [5, 5.41) is 6.38. The molecule has 1 aromatic carbocycles. The molecule has 0 amide bonds. The number of hydrogen-bond acceptors (Lipinski definition) is 2. The highest BCUT2D eigenvalue weighted by atomic mass is 32.2. The second-order valence-corrected chi connectivity index (χ2v) is 8.55. The molecular weight excluding hydrogens is 313 g/mol. The van der Waals surface area contributed by atoms with Crippen molar-refractivity contribution in [3.05, 3.63) is 35.6 Å². The van der Waals surface area contributed by atoms with Gasteiger partial charge in [-0.1, -0.05) is 12.1 Å². The Morgan fingerprint density at radius 1 is 1.30 bits per heavy atom. The fourth-order valence-corrected chi connectivity index (χ4v) is 2.78. The van der Waals surface area contributed by atoms with Crippen LogP contribution in [0.5, 0.6) is 0 Å². The van der Waals surface area contributed by atoms with Crippen molar-refractivity contribution in [3.63, 3.8) is 0 Å². The van der Waals surface area contributed by atoms with Crippen LogP contribution in [0.3, 0.4) is 0 Å². The Bertz CT molecular complexity index is 541. The van der Waals surface area contributed by atoms with Crippen LogP contribution in [-0.2, 0) is 17.2 Å². The molecule has 1 aromatic rings. The van der Waals surface area contributed by atoms with Crippen molar-refractivity contribution in [3.8, 4) is 0 Å². The van der Waals surface area contributed by atoms with E-state index in [1.165, 1.54) is 12.1 Å². The van der Waals surface area contributed by atoms with Gasteiger partial charge in [0.05, 0.1) is 6.54 Å². The lowest BCUT2D eigenvalue weighted by Crippen LogP contribution is -2.38. The number of nitrogens with one attached hydrogen (secondary N) is 2. The molecule has 23 heavy (non-hydrogen) atoms. The first-order valence-corrected chi connectivity index (χ1v) is 9.30. The molecule has 130 valence electrons. The molecule has 0 fully saturated rings. The molecule has 0 heterocycles. The van der Waals surface area contributed by atoms with E-state index in [-0.39, 0.29) is 10.6 Å². The number of guanidine groups is 1. The van der Waals surface area contributed by atoms with Gasteiger partial charge in [0, 0.05) is 34.4 Å². The Morgan fingerprint density at radius 2 is 2.04 bits per heavy atom. The van der Waals surface area contributed by atoms with Crippen molar-refractivity contribution in [2.24, 2.45) is 4.99 Å². The van der Waals surface area contributed by atoms with E-state index in [1.807, 2.05) is 33.8 Å². The number of benzene rings is 1. The first-order chi connectivity index (χ1) is 10.8. The molecule has 1 unspecified atom stereocenters. The maximum atomic E-state index is 13.1. The smallest absolute Gasteiger partial charge is 0.191 e. The molecule has 0 saturated carbocycles. The number of nitrogens with zero attached hydrogens (tertiary/aromatic N) is 1. The maximum Gasteiger partial charge on any atom is 0.191 e. The van der Waals surface area contributed by atoms with Gasteiger partial charge in [0.25, 0.3) is 0 Å². The Balaban J connectivity index is 2.45. The first kappa shape index (κ1) is 19.6. The predicted octanol–water partition coefficient (Wildman–Crippen LogP) is 2.47. The molecular formula is C17H28FN3OS. The van der Waals surface area contributed by atoms with Gasteiger partial charge in [-0.25, -0.2) is 4.39 Å². The zero-order valence-corrected chi connectivity index (χ0v) is 15.3. The number of rotatable bonds is 7. The van der Waals surface area contributed by atoms with E-state index in [1.54, 1.807) is 6.07 Å². The molecule has 1 rings (SSSR count).